The van der Waals surface area contributed by atoms with E-state index in [0.717, 1.165) is 18.7 Å². The highest BCUT2D eigenvalue weighted by atomic mass is 16.4. The summed E-state index contributed by atoms with van der Waals surface area (Å²) in [6.45, 7) is 0.631. The minimum absolute atomic E-state index is 0.0687. The van der Waals surface area contributed by atoms with E-state index in [1.165, 1.54) is 0 Å². The lowest BCUT2D eigenvalue weighted by Gasteiger charge is -2.21. The predicted molar refractivity (Wildman–Crippen MR) is 68.7 cm³/mol. The molecule has 0 amide bonds. The zero-order valence-corrected chi connectivity index (χ0v) is 10.3. The second kappa shape index (κ2) is 4.47. The fraction of sp³-hybridized carbons (Fsp3) is 0.308. The third-order valence-corrected chi connectivity index (χ3v) is 3.38. The molecule has 6 nitrogen and oxygen atoms in total. The van der Waals surface area contributed by atoms with Crippen LogP contribution >= 0.6 is 0 Å². The Balaban J connectivity index is 2.13. The van der Waals surface area contributed by atoms with Gasteiger partial charge in [0.2, 0.25) is 0 Å². The molecule has 6 heteroatoms. The molecule has 2 heterocycles. The summed E-state index contributed by atoms with van der Waals surface area (Å²) in [5.74, 6) is 0.494. The summed E-state index contributed by atoms with van der Waals surface area (Å²) in [6.07, 6.45) is 1.67. The van der Waals surface area contributed by atoms with Crippen LogP contribution < -0.4 is 5.73 Å². The van der Waals surface area contributed by atoms with Gasteiger partial charge in [0.25, 0.3) is 0 Å². The van der Waals surface area contributed by atoms with Crippen LogP contribution in [-0.2, 0) is 13.0 Å². The molecule has 19 heavy (non-hydrogen) atoms. The molecule has 0 spiro atoms. The van der Waals surface area contributed by atoms with Crippen LogP contribution in [0.25, 0.3) is 11.4 Å². The number of nitrogens with two attached hydrogens (primary N) is 1. The van der Waals surface area contributed by atoms with Crippen molar-refractivity contribution in [3.63, 3.8) is 0 Å². The second-order valence-electron chi connectivity index (χ2n) is 4.70. The Kier molecular flexibility index (Phi) is 2.79. The maximum absolute atomic E-state index is 11.3. The number of hydrogen-bond donors (Lipinski definition) is 2. The molecule has 1 atom stereocenters. The molecule has 3 N–H and O–H groups in total. The maximum atomic E-state index is 11.3. The predicted octanol–water partition coefficient (Wildman–Crippen LogP) is 0.917. The molecule has 98 valence electrons. The molecule has 2 aromatic rings. The van der Waals surface area contributed by atoms with Gasteiger partial charge in [-0.15, -0.1) is 10.2 Å². The van der Waals surface area contributed by atoms with E-state index in [1.807, 2.05) is 4.57 Å². The summed E-state index contributed by atoms with van der Waals surface area (Å²) >= 11 is 0. The molecule has 0 saturated heterocycles. The number of aryl methyl sites for hydroxylation is 1. The highest BCUT2D eigenvalue weighted by Gasteiger charge is 2.23. The van der Waals surface area contributed by atoms with Gasteiger partial charge in [0.1, 0.15) is 5.82 Å². The summed E-state index contributed by atoms with van der Waals surface area (Å²) in [5.41, 5.74) is 6.78. The number of aromatic carboxylic acids is 1. The van der Waals surface area contributed by atoms with Gasteiger partial charge >= 0.3 is 5.97 Å². The van der Waals surface area contributed by atoms with Gasteiger partial charge in [0, 0.05) is 24.6 Å². The Morgan fingerprint density at radius 2 is 2.16 bits per heavy atom. The van der Waals surface area contributed by atoms with Gasteiger partial charge < -0.3 is 15.4 Å². The third-order valence-electron chi connectivity index (χ3n) is 3.38. The van der Waals surface area contributed by atoms with Gasteiger partial charge in [-0.05, 0) is 12.5 Å². The SMILES string of the molecule is NC1CCc2nnc(-c3ccccc3C(=O)O)n2C1. The summed E-state index contributed by atoms with van der Waals surface area (Å²) in [5, 5.41) is 17.5. The molecule has 1 aliphatic heterocycles. The van der Waals surface area contributed by atoms with E-state index >= 15 is 0 Å². The lowest BCUT2D eigenvalue weighted by Crippen LogP contribution is -2.32. The molecule has 1 aliphatic rings. The second-order valence-corrected chi connectivity index (χ2v) is 4.70. The van der Waals surface area contributed by atoms with E-state index in [4.69, 9.17) is 5.73 Å². The van der Waals surface area contributed by atoms with Crippen LogP contribution in [0.2, 0.25) is 0 Å². The van der Waals surface area contributed by atoms with Crippen molar-refractivity contribution in [3.05, 3.63) is 35.7 Å². The number of carbonyl (C=O) groups is 1. The Bertz CT molecular complexity index is 635. The summed E-state index contributed by atoms with van der Waals surface area (Å²) in [7, 11) is 0. The summed E-state index contributed by atoms with van der Waals surface area (Å²) in [6, 6.07) is 6.89. The van der Waals surface area contributed by atoms with E-state index < -0.39 is 5.97 Å². The van der Waals surface area contributed by atoms with Gasteiger partial charge in [0.05, 0.1) is 5.56 Å². The molecular weight excluding hydrogens is 244 g/mol. The zero-order chi connectivity index (χ0) is 13.4. The van der Waals surface area contributed by atoms with Gasteiger partial charge in [-0.1, -0.05) is 18.2 Å². The lowest BCUT2D eigenvalue weighted by molar-refractivity contribution is 0.0697. The van der Waals surface area contributed by atoms with Crippen LogP contribution in [-0.4, -0.2) is 31.9 Å². The fourth-order valence-electron chi connectivity index (χ4n) is 2.42. The first-order chi connectivity index (χ1) is 9.16. The zero-order valence-electron chi connectivity index (χ0n) is 10.3. The number of benzene rings is 1. The molecule has 3 rings (SSSR count). The average Bonchev–Trinajstić information content (AvgIpc) is 2.81. The Morgan fingerprint density at radius 1 is 1.37 bits per heavy atom. The largest absolute Gasteiger partial charge is 0.478 e. The van der Waals surface area contributed by atoms with E-state index in [9.17, 15) is 9.90 Å². The fourth-order valence-corrected chi connectivity index (χ4v) is 2.42. The van der Waals surface area contributed by atoms with E-state index in [-0.39, 0.29) is 11.6 Å². The van der Waals surface area contributed by atoms with E-state index in [1.54, 1.807) is 24.3 Å². The van der Waals surface area contributed by atoms with Crippen LogP contribution in [0, 0.1) is 0 Å². The number of rotatable bonds is 2. The van der Waals surface area contributed by atoms with Crippen molar-refractivity contribution in [2.24, 2.45) is 5.73 Å². The van der Waals surface area contributed by atoms with Crippen molar-refractivity contribution in [1.29, 1.82) is 0 Å². The van der Waals surface area contributed by atoms with Crippen molar-refractivity contribution in [1.82, 2.24) is 14.8 Å². The van der Waals surface area contributed by atoms with Gasteiger partial charge in [-0.25, -0.2) is 4.79 Å². The minimum atomic E-state index is -0.965. The quantitative estimate of drug-likeness (QED) is 0.835. The molecule has 1 aromatic carbocycles. The topological polar surface area (TPSA) is 94.0 Å². The van der Waals surface area contributed by atoms with Crippen molar-refractivity contribution in [3.8, 4) is 11.4 Å². The smallest absolute Gasteiger partial charge is 0.336 e. The Labute approximate surface area is 109 Å². The van der Waals surface area contributed by atoms with Crippen LogP contribution in [0.1, 0.15) is 22.6 Å². The Hall–Kier alpha value is -2.21. The van der Waals surface area contributed by atoms with Crippen LogP contribution in [0.5, 0.6) is 0 Å². The number of aromatic nitrogens is 3. The maximum Gasteiger partial charge on any atom is 0.336 e. The molecule has 0 radical (unpaired) electrons. The molecule has 0 aliphatic carbocycles. The lowest BCUT2D eigenvalue weighted by atomic mass is 10.0. The number of carboxylic acids is 1. The summed E-state index contributed by atoms with van der Waals surface area (Å²) < 4.78 is 1.93. The van der Waals surface area contributed by atoms with Crippen LogP contribution in [0.3, 0.4) is 0 Å². The van der Waals surface area contributed by atoms with Gasteiger partial charge in [-0.3, -0.25) is 0 Å². The van der Waals surface area contributed by atoms with Crippen LogP contribution in [0.15, 0.2) is 24.3 Å². The third kappa shape index (κ3) is 2.00. The summed E-state index contributed by atoms with van der Waals surface area (Å²) in [4.78, 5) is 11.3. The average molecular weight is 258 g/mol. The van der Waals surface area contributed by atoms with Crippen LogP contribution in [0.4, 0.5) is 0 Å². The van der Waals surface area contributed by atoms with E-state index in [0.29, 0.717) is 17.9 Å². The van der Waals surface area contributed by atoms with E-state index in [2.05, 4.69) is 10.2 Å². The number of nitrogens with zero attached hydrogens (tertiary/aromatic N) is 3. The molecule has 0 saturated carbocycles. The highest BCUT2D eigenvalue weighted by molar-refractivity contribution is 5.94. The molecule has 0 fully saturated rings. The standard InChI is InChI=1S/C13H14N4O2/c14-8-5-6-11-15-16-12(17(11)7-8)9-3-1-2-4-10(9)13(18)19/h1-4,8H,5-7,14H2,(H,18,19). The van der Waals surface area contributed by atoms with Crippen molar-refractivity contribution in [2.75, 3.05) is 0 Å². The Morgan fingerprint density at radius 3 is 2.95 bits per heavy atom. The minimum Gasteiger partial charge on any atom is -0.478 e. The number of carboxylic acid groups (broad SMARTS) is 1. The first-order valence-electron chi connectivity index (χ1n) is 6.17. The van der Waals surface area contributed by atoms with Gasteiger partial charge in [-0.2, -0.15) is 0 Å². The van der Waals surface area contributed by atoms with Gasteiger partial charge in [0.15, 0.2) is 5.82 Å². The molecular formula is C13H14N4O2. The van der Waals surface area contributed by atoms with Crippen molar-refractivity contribution in [2.45, 2.75) is 25.4 Å². The first kappa shape index (κ1) is 11.9. The highest BCUT2D eigenvalue weighted by Crippen LogP contribution is 2.25. The first-order valence-corrected chi connectivity index (χ1v) is 6.17. The van der Waals surface area contributed by atoms with Crippen molar-refractivity contribution >= 4 is 5.97 Å². The number of fused-ring (bicyclic) bond motifs is 1. The monoisotopic (exact) mass is 258 g/mol. The molecule has 1 unspecified atom stereocenters. The normalized spacial score (nSPS) is 18.1. The molecule has 0 bridgehead atoms. The number of hydrogen-bond acceptors (Lipinski definition) is 4. The molecule has 1 aromatic heterocycles. The van der Waals surface area contributed by atoms with Crippen molar-refractivity contribution < 1.29 is 9.90 Å².